The van der Waals surface area contributed by atoms with Crippen LogP contribution < -0.4 is 5.32 Å². The Morgan fingerprint density at radius 2 is 2.39 bits per heavy atom. The third kappa shape index (κ3) is 2.90. The summed E-state index contributed by atoms with van der Waals surface area (Å²) >= 11 is 0. The van der Waals surface area contributed by atoms with E-state index in [-0.39, 0.29) is 5.92 Å². The highest BCUT2D eigenvalue weighted by atomic mass is 16.4. The lowest BCUT2D eigenvalue weighted by Gasteiger charge is -2.27. The van der Waals surface area contributed by atoms with E-state index in [4.69, 9.17) is 5.11 Å². The number of aliphatic carboxylic acids is 1. The molecule has 2 N–H and O–H groups in total. The fourth-order valence-corrected chi connectivity index (χ4v) is 2.57. The Morgan fingerprint density at radius 1 is 1.61 bits per heavy atom. The van der Waals surface area contributed by atoms with Gasteiger partial charge in [-0.1, -0.05) is 6.42 Å². The van der Waals surface area contributed by atoms with Crippen molar-refractivity contribution >= 4 is 5.97 Å². The predicted molar refractivity (Wildman–Crippen MR) is 68.2 cm³/mol. The molecule has 0 bridgehead atoms. The lowest BCUT2D eigenvalue weighted by Crippen LogP contribution is -2.36. The molecule has 1 aromatic rings. The maximum absolute atomic E-state index is 11.0. The molecule has 1 fully saturated rings. The SMILES string of the molecule is Cc1c(CNC2CCCC(C(=O)O)C2)cnn1C. The fourth-order valence-electron chi connectivity index (χ4n) is 2.57. The van der Waals surface area contributed by atoms with Crippen LogP contribution in [-0.2, 0) is 18.4 Å². The van der Waals surface area contributed by atoms with Crippen LogP contribution in [0.5, 0.6) is 0 Å². The highest BCUT2D eigenvalue weighted by molar-refractivity contribution is 5.70. The van der Waals surface area contributed by atoms with Crippen molar-refractivity contribution in [3.05, 3.63) is 17.5 Å². The van der Waals surface area contributed by atoms with Crippen molar-refractivity contribution in [1.29, 1.82) is 0 Å². The first-order valence-corrected chi connectivity index (χ1v) is 6.51. The normalized spacial score (nSPS) is 24.1. The zero-order valence-corrected chi connectivity index (χ0v) is 11.0. The lowest BCUT2D eigenvalue weighted by atomic mass is 9.86. The molecule has 18 heavy (non-hydrogen) atoms. The molecule has 0 aromatic carbocycles. The van der Waals surface area contributed by atoms with Gasteiger partial charge in [0.25, 0.3) is 0 Å². The number of hydrogen-bond donors (Lipinski definition) is 2. The quantitative estimate of drug-likeness (QED) is 0.850. The minimum atomic E-state index is -0.654. The summed E-state index contributed by atoms with van der Waals surface area (Å²) in [6.07, 6.45) is 5.51. The van der Waals surface area contributed by atoms with Crippen molar-refractivity contribution in [3.8, 4) is 0 Å². The van der Waals surface area contributed by atoms with Crippen molar-refractivity contribution in [1.82, 2.24) is 15.1 Å². The first-order valence-electron chi connectivity index (χ1n) is 6.51. The monoisotopic (exact) mass is 251 g/mol. The van der Waals surface area contributed by atoms with E-state index in [1.807, 2.05) is 24.9 Å². The second-order valence-electron chi connectivity index (χ2n) is 5.16. The van der Waals surface area contributed by atoms with E-state index >= 15 is 0 Å². The van der Waals surface area contributed by atoms with E-state index in [0.29, 0.717) is 6.04 Å². The average molecular weight is 251 g/mol. The third-order valence-corrected chi connectivity index (χ3v) is 3.94. The molecule has 1 saturated carbocycles. The summed E-state index contributed by atoms with van der Waals surface area (Å²) in [5.74, 6) is -0.828. The zero-order chi connectivity index (χ0) is 13.1. The lowest BCUT2D eigenvalue weighted by molar-refractivity contribution is -0.143. The van der Waals surface area contributed by atoms with Gasteiger partial charge in [0, 0.05) is 30.9 Å². The van der Waals surface area contributed by atoms with Crippen LogP contribution in [0.4, 0.5) is 0 Å². The number of carbonyl (C=O) groups is 1. The minimum absolute atomic E-state index is 0.175. The van der Waals surface area contributed by atoms with Gasteiger partial charge in [-0.15, -0.1) is 0 Å². The second kappa shape index (κ2) is 5.52. The van der Waals surface area contributed by atoms with E-state index < -0.39 is 5.97 Å². The Morgan fingerprint density at radius 3 is 3.00 bits per heavy atom. The molecule has 0 spiro atoms. The molecule has 0 radical (unpaired) electrons. The van der Waals surface area contributed by atoms with Crippen LogP contribution in [0.1, 0.15) is 36.9 Å². The van der Waals surface area contributed by atoms with Gasteiger partial charge in [-0.2, -0.15) is 5.10 Å². The van der Waals surface area contributed by atoms with Crippen LogP contribution in [-0.4, -0.2) is 26.9 Å². The number of aryl methyl sites for hydroxylation is 1. The molecule has 1 heterocycles. The first-order chi connectivity index (χ1) is 8.58. The van der Waals surface area contributed by atoms with Gasteiger partial charge in [0.2, 0.25) is 0 Å². The Bertz CT molecular complexity index is 428. The van der Waals surface area contributed by atoms with Gasteiger partial charge in [0.1, 0.15) is 0 Å². The highest BCUT2D eigenvalue weighted by Crippen LogP contribution is 2.24. The molecule has 5 heteroatoms. The molecule has 5 nitrogen and oxygen atoms in total. The molecule has 2 rings (SSSR count). The van der Waals surface area contributed by atoms with Crippen LogP contribution in [0.3, 0.4) is 0 Å². The van der Waals surface area contributed by atoms with Crippen LogP contribution >= 0.6 is 0 Å². The molecule has 2 unspecified atom stereocenters. The molecule has 0 aliphatic heterocycles. The van der Waals surface area contributed by atoms with Crippen LogP contribution in [0.2, 0.25) is 0 Å². The standard InChI is InChI=1S/C13H21N3O2/c1-9-11(8-15-16(9)2)7-14-12-5-3-4-10(6-12)13(17)18/h8,10,12,14H,3-7H2,1-2H3,(H,17,18). The topological polar surface area (TPSA) is 67.2 Å². The molecule has 100 valence electrons. The smallest absolute Gasteiger partial charge is 0.306 e. The summed E-state index contributed by atoms with van der Waals surface area (Å²) in [6.45, 7) is 2.82. The Hall–Kier alpha value is -1.36. The molecular formula is C13H21N3O2. The van der Waals surface area contributed by atoms with E-state index in [0.717, 1.165) is 37.9 Å². The van der Waals surface area contributed by atoms with Gasteiger partial charge >= 0.3 is 5.97 Å². The first kappa shape index (κ1) is 13.1. The number of carboxylic acid groups (broad SMARTS) is 1. The molecule has 0 amide bonds. The van der Waals surface area contributed by atoms with Crippen molar-refractivity contribution in [3.63, 3.8) is 0 Å². The number of nitrogens with one attached hydrogen (secondary N) is 1. The maximum Gasteiger partial charge on any atom is 0.306 e. The molecule has 0 saturated heterocycles. The highest BCUT2D eigenvalue weighted by Gasteiger charge is 2.26. The Kier molecular flexibility index (Phi) is 4.01. The Labute approximate surface area is 107 Å². The maximum atomic E-state index is 11.0. The number of hydrogen-bond acceptors (Lipinski definition) is 3. The van der Waals surface area contributed by atoms with Gasteiger partial charge in [-0.05, 0) is 26.2 Å². The van der Waals surface area contributed by atoms with Gasteiger partial charge in [-0.3, -0.25) is 9.48 Å². The van der Waals surface area contributed by atoms with Crippen LogP contribution in [0, 0.1) is 12.8 Å². The molecule has 2 atom stereocenters. The van der Waals surface area contributed by atoms with Gasteiger partial charge in [0.05, 0.1) is 12.1 Å². The molecule has 1 aliphatic rings. The van der Waals surface area contributed by atoms with Crippen LogP contribution in [0.15, 0.2) is 6.20 Å². The van der Waals surface area contributed by atoms with Crippen molar-refractivity contribution in [2.75, 3.05) is 0 Å². The summed E-state index contributed by atoms with van der Waals surface area (Å²) in [5, 5.41) is 16.7. The number of nitrogens with zero attached hydrogens (tertiary/aromatic N) is 2. The number of carboxylic acids is 1. The minimum Gasteiger partial charge on any atom is -0.481 e. The average Bonchev–Trinajstić information content (AvgIpc) is 2.68. The number of aromatic nitrogens is 2. The summed E-state index contributed by atoms with van der Waals surface area (Å²) in [6, 6.07) is 0.319. The van der Waals surface area contributed by atoms with E-state index in [1.54, 1.807) is 0 Å². The Balaban J connectivity index is 1.86. The summed E-state index contributed by atoms with van der Waals surface area (Å²) in [4.78, 5) is 11.0. The molecular weight excluding hydrogens is 230 g/mol. The summed E-state index contributed by atoms with van der Waals surface area (Å²) in [5.41, 5.74) is 2.35. The van der Waals surface area contributed by atoms with Crippen molar-refractivity contribution in [2.24, 2.45) is 13.0 Å². The fraction of sp³-hybridized carbons (Fsp3) is 0.692. The van der Waals surface area contributed by atoms with E-state index in [2.05, 4.69) is 10.4 Å². The molecule has 1 aliphatic carbocycles. The van der Waals surface area contributed by atoms with Gasteiger partial charge in [-0.25, -0.2) is 0 Å². The van der Waals surface area contributed by atoms with E-state index in [9.17, 15) is 4.79 Å². The van der Waals surface area contributed by atoms with Crippen LogP contribution in [0.25, 0.3) is 0 Å². The summed E-state index contributed by atoms with van der Waals surface area (Å²) < 4.78 is 1.86. The number of rotatable bonds is 4. The largest absolute Gasteiger partial charge is 0.481 e. The van der Waals surface area contributed by atoms with Crippen molar-refractivity contribution in [2.45, 2.75) is 45.2 Å². The third-order valence-electron chi connectivity index (χ3n) is 3.94. The predicted octanol–water partition coefficient (Wildman–Crippen LogP) is 1.46. The zero-order valence-electron chi connectivity index (χ0n) is 11.0. The second-order valence-corrected chi connectivity index (χ2v) is 5.16. The molecule has 1 aromatic heterocycles. The van der Waals surface area contributed by atoms with Crippen molar-refractivity contribution < 1.29 is 9.90 Å². The van der Waals surface area contributed by atoms with Gasteiger partial charge in [0.15, 0.2) is 0 Å². The summed E-state index contributed by atoms with van der Waals surface area (Å²) in [7, 11) is 1.93. The van der Waals surface area contributed by atoms with Gasteiger partial charge < -0.3 is 10.4 Å². The van der Waals surface area contributed by atoms with E-state index in [1.165, 1.54) is 5.56 Å².